The van der Waals surface area contributed by atoms with E-state index in [0.717, 1.165) is 6.04 Å². The first-order valence-electron chi connectivity index (χ1n) is 5.45. The molecule has 0 aromatic heterocycles. The van der Waals surface area contributed by atoms with E-state index in [2.05, 4.69) is 69.8 Å². The molecule has 0 bridgehead atoms. The average molecular weight is 363 g/mol. The van der Waals surface area contributed by atoms with Gasteiger partial charge in [-0.25, -0.2) is 0 Å². The van der Waals surface area contributed by atoms with Gasteiger partial charge in [0.05, 0.1) is 4.05 Å². The number of alkyl halides is 1. The molecule has 3 atom stereocenters. The fraction of sp³-hybridized carbons (Fsp3) is 0.500. The molecule has 2 heterocycles. The summed E-state index contributed by atoms with van der Waals surface area (Å²) >= 11 is 6.69. The molecule has 2 aliphatic rings. The summed E-state index contributed by atoms with van der Waals surface area (Å²) in [6.07, 6.45) is 3.46. The van der Waals surface area contributed by atoms with Crippen LogP contribution in [-0.4, -0.2) is 27.7 Å². The molecule has 0 aliphatic carbocycles. The van der Waals surface area contributed by atoms with Crippen LogP contribution in [0.4, 0.5) is 0 Å². The molecule has 2 unspecified atom stereocenters. The topological polar surface area (TPSA) is 3.24 Å². The number of hydrogen-bond acceptors (Lipinski definition) is 3. The Morgan fingerprint density at radius 1 is 1.44 bits per heavy atom. The highest BCUT2D eigenvalue weighted by Gasteiger charge is 2.41. The van der Waals surface area contributed by atoms with Crippen molar-refractivity contribution in [1.29, 1.82) is 0 Å². The summed E-state index contributed by atoms with van der Waals surface area (Å²) in [7, 11) is 0. The van der Waals surface area contributed by atoms with Crippen molar-refractivity contribution in [3.05, 3.63) is 35.4 Å². The molecular formula is C12H14INS2. The Bertz CT molecular complexity index is 398. The van der Waals surface area contributed by atoms with Gasteiger partial charge in [-0.05, 0) is 23.8 Å². The molecule has 0 N–H and O–H groups in total. The lowest BCUT2D eigenvalue weighted by atomic mass is 9.95. The summed E-state index contributed by atoms with van der Waals surface area (Å²) in [6.45, 7) is 0. The minimum atomic E-state index is 0.556. The minimum Gasteiger partial charge on any atom is -0.263 e. The molecular weight excluding hydrogens is 349 g/mol. The molecule has 1 aromatic carbocycles. The first-order chi connectivity index (χ1) is 7.81. The van der Waals surface area contributed by atoms with Gasteiger partial charge in [-0.1, -0.05) is 46.9 Å². The second-order valence-electron chi connectivity index (χ2n) is 4.22. The van der Waals surface area contributed by atoms with E-state index in [1.165, 1.54) is 17.7 Å². The van der Waals surface area contributed by atoms with Gasteiger partial charge >= 0.3 is 0 Å². The molecule has 2 aliphatic heterocycles. The van der Waals surface area contributed by atoms with Crippen molar-refractivity contribution in [3.63, 3.8) is 0 Å². The fourth-order valence-corrected chi connectivity index (χ4v) is 6.83. The van der Waals surface area contributed by atoms with Gasteiger partial charge in [0.2, 0.25) is 0 Å². The SMILES string of the molecule is CSC1SCC2Cc3ccccc3[C@H](I)N21. The molecule has 0 amide bonds. The van der Waals surface area contributed by atoms with Crippen LogP contribution in [0.1, 0.15) is 15.2 Å². The minimum absolute atomic E-state index is 0.556. The van der Waals surface area contributed by atoms with Gasteiger partial charge in [-0.15, -0.1) is 23.5 Å². The van der Waals surface area contributed by atoms with Crippen molar-refractivity contribution < 1.29 is 0 Å². The van der Waals surface area contributed by atoms with Crippen molar-refractivity contribution in [1.82, 2.24) is 4.90 Å². The van der Waals surface area contributed by atoms with E-state index in [9.17, 15) is 0 Å². The third-order valence-electron chi connectivity index (χ3n) is 3.33. The molecule has 1 saturated heterocycles. The van der Waals surface area contributed by atoms with Crippen LogP contribution in [0.3, 0.4) is 0 Å². The Kier molecular flexibility index (Phi) is 3.44. The Labute approximate surface area is 119 Å². The second-order valence-corrected chi connectivity index (χ2v) is 7.73. The third kappa shape index (κ3) is 1.82. The molecule has 16 heavy (non-hydrogen) atoms. The smallest absolute Gasteiger partial charge is 0.104 e. The number of thioether (sulfide) groups is 2. The van der Waals surface area contributed by atoms with E-state index in [1.807, 2.05) is 11.8 Å². The number of halogens is 1. The first kappa shape index (κ1) is 11.7. The van der Waals surface area contributed by atoms with E-state index in [-0.39, 0.29) is 0 Å². The predicted octanol–water partition coefficient (Wildman–Crippen LogP) is 3.74. The molecule has 0 radical (unpaired) electrons. The summed E-state index contributed by atoms with van der Waals surface area (Å²) < 4.78 is 1.21. The van der Waals surface area contributed by atoms with Crippen LogP contribution in [0.5, 0.6) is 0 Å². The molecule has 1 aromatic rings. The van der Waals surface area contributed by atoms with Gasteiger partial charge in [0.25, 0.3) is 0 Å². The van der Waals surface area contributed by atoms with Gasteiger partial charge in [-0.2, -0.15) is 0 Å². The first-order valence-corrected chi connectivity index (χ1v) is 9.03. The average Bonchev–Trinajstić information content (AvgIpc) is 2.72. The van der Waals surface area contributed by atoms with Crippen molar-refractivity contribution >= 4 is 46.1 Å². The van der Waals surface area contributed by atoms with Gasteiger partial charge < -0.3 is 0 Å². The van der Waals surface area contributed by atoms with Crippen LogP contribution in [0, 0.1) is 0 Å². The van der Waals surface area contributed by atoms with E-state index in [1.54, 1.807) is 5.56 Å². The molecule has 4 heteroatoms. The van der Waals surface area contributed by atoms with Gasteiger partial charge in [0.1, 0.15) is 4.71 Å². The molecule has 86 valence electrons. The summed E-state index contributed by atoms with van der Waals surface area (Å²) in [6, 6.07) is 9.69. The van der Waals surface area contributed by atoms with E-state index < -0.39 is 0 Å². The zero-order valence-corrected chi connectivity index (χ0v) is 12.9. The maximum absolute atomic E-state index is 2.69. The molecule has 0 saturated carbocycles. The summed E-state index contributed by atoms with van der Waals surface area (Å²) in [5.74, 6) is 1.29. The molecule has 0 spiro atoms. The number of fused-ring (bicyclic) bond motifs is 2. The summed E-state index contributed by atoms with van der Waals surface area (Å²) in [5, 5.41) is 0. The second kappa shape index (κ2) is 4.71. The van der Waals surface area contributed by atoms with Crippen LogP contribution in [-0.2, 0) is 6.42 Å². The lowest BCUT2D eigenvalue weighted by molar-refractivity contribution is 0.228. The maximum atomic E-state index is 2.69. The van der Waals surface area contributed by atoms with Gasteiger partial charge in [0, 0.05) is 11.8 Å². The molecule has 3 rings (SSSR count). The summed E-state index contributed by atoms with van der Waals surface area (Å²) in [5.41, 5.74) is 3.09. The number of rotatable bonds is 1. The van der Waals surface area contributed by atoms with Crippen LogP contribution < -0.4 is 0 Å². The lowest BCUT2D eigenvalue weighted by Crippen LogP contribution is -2.41. The largest absolute Gasteiger partial charge is 0.263 e. The number of nitrogens with zero attached hydrogens (tertiary/aromatic N) is 1. The Hall–Kier alpha value is 0.610. The van der Waals surface area contributed by atoms with Crippen LogP contribution >= 0.6 is 46.1 Å². The predicted molar refractivity (Wildman–Crippen MR) is 82.3 cm³/mol. The van der Waals surface area contributed by atoms with Crippen molar-refractivity contribution in [2.24, 2.45) is 0 Å². The zero-order valence-electron chi connectivity index (χ0n) is 9.10. The number of hydrogen-bond donors (Lipinski definition) is 0. The van der Waals surface area contributed by atoms with Crippen LogP contribution in [0.2, 0.25) is 0 Å². The zero-order chi connectivity index (χ0) is 11.1. The number of benzene rings is 1. The highest BCUT2D eigenvalue weighted by Crippen LogP contribution is 2.48. The molecule has 1 nitrogen and oxygen atoms in total. The summed E-state index contributed by atoms with van der Waals surface area (Å²) in [4.78, 5) is 2.69. The van der Waals surface area contributed by atoms with Crippen molar-refractivity contribution in [2.45, 2.75) is 21.2 Å². The van der Waals surface area contributed by atoms with E-state index in [0.29, 0.717) is 8.75 Å². The highest BCUT2D eigenvalue weighted by molar-refractivity contribution is 14.1. The lowest BCUT2D eigenvalue weighted by Gasteiger charge is -2.38. The van der Waals surface area contributed by atoms with Crippen molar-refractivity contribution in [2.75, 3.05) is 12.0 Å². The van der Waals surface area contributed by atoms with E-state index >= 15 is 0 Å². The Morgan fingerprint density at radius 2 is 2.25 bits per heavy atom. The fourth-order valence-electron chi connectivity index (χ4n) is 2.55. The monoisotopic (exact) mass is 363 g/mol. The quantitative estimate of drug-likeness (QED) is 0.425. The van der Waals surface area contributed by atoms with Crippen molar-refractivity contribution in [3.8, 4) is 0 Å². The molecule has 1 fully saturated rings. The van der Waals surface area contributed by atoms with Gasteiger partial charge in [-0.3, -0.25) is 4.90 Å². The van der Waals surface area contributed by atoms with E-state index in [4.69, 9.17) is 0 Å². The Balaban J connectivity index is 1.98. The normalized spacial score (nSPS) is 33.5. The Morgan fingerprint density at radius 3 is 3.06 bits per heavy atom. The van der Waals surface area contributed by atoms with Crippen LogP contribution in [0.25, 0.3) is 0 Å². The maximum Gasteiger partial charge on any atom is 0.104 e. The third-order valence-corrected chi connectivity index (χ3v) is 7.38. The van der Waals surface area contributed by atoms with Crippen LogP contribution in [0.15, 0.2) is 24.3 Å². The highest BCUT2D eigenvalue weighted by atomic mass is 127. The van der Waals surface area contributed by atoms with Gasteiger partial charge in [0.15, 0.2) is 0 Å². The standard InChI is InChI=1S/C12H14INS2/c1-15-12-14-9(7-16-12)6-8-4-2-3-5-10(8)11(14)13/h2-5,9,11-12H,6-7H2,1H3/t9?,11-,12?/m1/s1.